The van der Waals surface area contributed by atoms with Crippen molar-refractivity contribution in [2.24, 2.45) is 0 Å². The van der Waals surface area contributed by atoms with E-state index in [0.29, 0.717) is 23.8 Å². The molecule has 11 aliphatic rings. The number of rotatable bonds is 5. The number of nitrogens with one attached hydrogen (secondary N) is 1. The van der Waals surface area contributed by atoms with Crippen LogP contribution in [0.4, 0.5) is 34.1 Å². The number of nitrogens with zero attached hydrogens (tertiary/aromatic N) is 7. The average molecular weight is 1870 g/mol. The van der Waals surface area contributed by atoms with Crippen LogP contribution in [0.5, 0.6) is 0 Å². The standard InChI is InChI=1S/C25H31N3O.C14H17NO.C14H16NO.C13H15NO3.C13H13NO2.C10H13N.8C2H6.2CH4.W/c1-25(2)17-21-10-6-9-20-11-12-22(24(29)28(25)23(20)21)27-15-13-26(14-16-27)18-19-7-4-3-5-8-19;2*1-14(2)9-11-7-3-5-10-6-4-8-12(16)15(14)13(10)11;1-13(2)8-9-5-3-4-6-10(9)14(13)11(15)7-12(16)17;1-13(2)7-8-4-3-5-9-10(15)6-11(16)14(13)12(8)9;1-10(2)7-8-5-3-4-6-9(8)11-10;8*1-2;;;/h3-10,22H,11-18H2,1-2H3;3,5,7H,4,6,8-9H2,1-2H3;3,5,7-8H,4,6,9H2,1-2H3;3-6H,7-8H2,1-2H3,(H,16,17);3-5H,6-7H2,1-2H3;3-6,11H,7H2,1-2H3;8*1-2H3;2*1H4;/q;;-1;;;;;;;;;;;;;;. The Bertz CT molecular complexity index is 4440. The molecule has 5 amide bonds. The minimum Gasteiger partial charge on any atom is -0.481 e. The molecule has 684 valence electrons. The topological polar surface area (TPSA) is 174 Å². The fourth-order valence-corrected chi connectivity index (χ4v) is 18.6. The first kappa shape index (κ1) is 111. The molecule has 0 spiro atoms. The Morgan fingerprint density at radius 2 is 0.831 bits per heavy atom. The summed E-state index contributed by atoms with van der Waals surface area (Å²) in [5.74, 6) is -0.761. The van der Waals surface area contributed by atoms with Crippen molar-refractivity contribution in [2.45, 2.75) is 351 Å². The summed E-state index contributed by atoms with van der Waals surface area (Å²) in [6.07, 6.45) is 13.5. The maximum Gasteiger partial charge on any atom is 0.312 e. The van der Waals surface area contributed by atoms with E-state index in [0.717, 1.165) is 132 Å². The fraction of sp³-hybridized carbons (Fsp3) is 0.533. The first-order valence-corrected chi connectivity index (χ1v) is 46.0. The Labute approximate surface area is 766 Å². The molecule has 0 aromatic heterocycles. The third kappa shape index (κ3) is 26.3. The summed E-state index contributed by atoms with van der Waals surface area (Å²) in [6.45, 7) is 62.5. The summed E-state index contributed by atoms with van der Waals surface area (Å²) < 4.78 is 0. The Kier molecular flexibility index (Phi) is 45.4. The van der Waals surface area contributed by atoms with Crippen molar-refractivity contribution in [1.82, 2.24) is 9.80 Å². The number of amides is 5. The molecule has 11 heterocycles. The predicted octanol–water partition coefficient (Wildman–Crippen LogP) is 24.4. The van der Waals surface area contributed by atoms with E-state index in [2.05, 4.69) is 185 Å². The van der Waals surface area contributed by atoms with Crippen LogP contribution < -0.4 is 29.8 Å². The molecule has 18 rings (SSSR count). The molecule has 1 unspecified atom stereocenters. The number of carbonyl (C=O) groups excluding carboxylic acids is 6. The maximum atomic E-state index is 13.7. The fourth-order valence-electron chi connectivity index (χ4n) is 18.6. The Hall–Kier alpha value is -8.69. The second-order valence-electron chi connectivity index (χ2n) is 34.2. The van der Waals surface area contributed by atoms with Crippen LogP contribution in [0, 0.1) is 6.42 Å². The van der Waals surface area contributed by atoms with Gasteiger partial charge in [-0.25, -0.2) is 0 Å². The van der Waals surface area contributed by atoms with E-state index in [1.807, 2.05) is 197 Å². The summed E-state index contributed by atoms with van der Waals surface area (Å²) in [7, 11) is 0. The van der Waals surface area contributed by atoms with Crippen LogP contribution in [0.2, 0.25) is 0 Å². The van der Waals surface area contributed by atoms with E-state index >= 15 is 0 Å². The zero-order valence-corrected chi connectivity index (χ0v) is 83.0. The van der Waals surface area contributed by atoms with Gasteiger partial charge in [0.15, 0.2) is 5.78 Å². The second kappa shape index (κ2) is 50.6. The minimum absolute atomic E-state index is 0. The van der Waals surface area contributed by atoms with E-state index in [9.17, 15) is 33.6 Å². The molecule has 11 aliphatic heterocycles. The number of carboxylic acids is 1. The van der Waals surface area contributed by atoms with Crippen LogP contribution in [0.3, 0.4) is 0 Å². The molecule has 0 radical (unpaired) electrons. The summed E-state index contributed by atoms with van der Waals surface area (Å²) in [5.41, 5.74) is 19.8. The molecule has 1 fully saturated rings. The maximum absolute atomic E-state index is 13.7. The molecule has 124 heavy (non-hydrogen) atoms. The van der Waals surface area contributed by atoms with E-state index in [1.54, 1.807) is 9.80 Å². The van der Waals surface area contributed by atoms with Crippen LogP contribution in [0.25, 0.3) is 0 Å². The SMILES string of the molecule is C.C.CC.CC.CC.CC.CC.CC.CC.CC.CC1(C)Cc2cccc3c2N1C(=O)C(N1CCN(Cc2ccccc2)CC1)CC3.CC1(C)Cc2cccc3c2N1C(=O)CC3=O.CC1(C)Cc2cccc3c2N1C(=O)CCC3.CC1(C)Cc2cccc3c2N1C(=O)[CH-]CC3.CC1(C)Cc2ccccc2N1.CC1(C)Cc2ccccc2N1C(=O)CC(=O)O.[W]. The predicted molar refractivity (Wildman–Crippen MR) is 523 cm³/mol. The number of Topliss-reactive ketones (excluding diaryl/α,β-unsaturated/α-hetero) is 1. The van der Waals surface area contributed by atoms with Gasteiger partial charge in [-0.15, -0.1) is 0 Å². The van der Waals surface area contributed by atoms with Crippen LogP contribution in [0.1, 0.15) is 313 Å². The number of fused-ring (bicyclic) bond motifs is 2. The molecule has 7 aromatic carbocycles. The van der Waals surface area contributed by atoms with Crippen molar-refractivity contribution in [3.63, 3.8) is 0 Å². The number of benzene rings is 7. The monoisotopic (exact) mass is 1870 g/mol. The largest absolute Gasteiger partial charge is 0.481 e. The van der Waals surface area contributed by atoms with Crippen LogP contribution in [-0.2, 0) is 114 Å². The van der Waals surface area contributed by atoms with Gasteiger partial charge in [0.05, 0.1) is 35.4 Å². The Morgan fingerprint density at radius 1 is 0.419 bits per heavy atom. The summed E-state index contributed by atoms with van der Waals surface area (Å²) in [6, 6.07) is 52.1. The van der Waals surface area contributed by atoms with E-state index in [1.165, 1.54) is 67.3 Å². The van der Waals surface area contributed by atoms with Gasteiger partial charge in [-0.05, 0) is 221 Å². The van der Waals surface area contributed by atoms with Gasteiger partial charge >= 0.3 is 5.97 Å². The van der Waals surface area contributed by atoms with Gasteiger partial charge in [0.25, 0.3) is 0 Å². The summed E-state index contributed by atoms with van der Waals surface area (Å²) in [5, 5.41) is 12.2. The Balaban J connectivity index is 0.000000495. The van der Waals surface area contributed by atoms with Crippen molar-refractivity contribution in [3.05, 3.63) is 219 Å². The van der Waals surface area contributed by atoms with E-state index in [4.69, 9.17) is 5.11 Å². The van der Waals surface area contributed by atoms with Gasteiger partial charge < -0.3 is 46.1 Å². The number of carbonyl (C=O) groups is 7. The van der Waals surface area contributed by atoms with E-state index < -0.39 is 12.4 Å². The van der Waals surface area contributed by atoms with Gasteiger partial charge in [0.1, 0.15) is 6.42 Å². The quantitative estimate of drug-likeness (QED) is 0.124. The van der Waals surface area contributed by atoms with Crippen LogP contribution in [0.15, 0.2) is 152 Å². The number of hydrogen-bond donors (Lipinski definition) is 2. The van der Waals surface area contributed by atoms with Gasteiger partial charge in [-0.2, -0.15) is 6.42 Å². The Morgan fingerprint density at radius 3 is 1.35 bits per heavy atom. The van der Waals surface area contributed by atoms with E-state index in [-0.39, 0.29) is 105 Å². The molecule has 7 aromatic rings. The molecule has 0 saturated carbocycles. The van der Waals surface area contributed by atoms with Crippen molar-refractivity contribution in [2.75, 3.05) is 56.0 Å². The molecule has 17 heteroatoms. The number of carboxylic acid groups (broad SMARTS) is 1. The zero-order valence-electron chi connectivity index (χ0n) is 80.1. The average Bonchev–Trinajstić information content (AvgIpc) is 1.59. The molecular formula is C107H161N8O8W-. The molecule has 0 bridgehead atoms. The van der Waals surface area contributed by atoms with Crippen LogP contribution in [-0.4, -0.2) is 122 Å². The smallest absolute Gasteiger partial charge is 0.312 e. The third-order valence-corrected chi connectivity index (χ3v) is 22.9. The first-order valence-electron chi connectivity index (χ1n) is 46.0. The molecule has 0 aliphatic carbocycles. The molecule has 1 saturated heterocycles. The zero-order chi connectivity index (χ0) is 90.7. The van der Waals surface area contributed by atoms with Crippen molar-refractivity contribution in [1.29, 1.82) is 0 Å². The number of para-hydroxylation sites is 6. The van der Waals surface area contributed by atoms with Gasteiger partial charge in [0.2, 0.25) is 23.6 Å². The first-order chi connectivity index (χ1) is 57.8. The van der Waals surface area contributed by atoms with Gasteiger partial charge in [0, 0.05) is 116 Å². The molecule has 1 atom stereocenters. The number of aryl methyl sites for hydroxylation is 3. The number of hydrogen-bond acceptors (Lipinski definition) is 10. The molecule has 2 N–H and O–H groups in total. The second-order valence-corrected chi connectivity index (χ2v) is 34.2. The number of piperazine rings is 1. The minimum atomic E-state index is -1.09. The van der Waals surface area contributed by atoms with Gasteiger partial charge in [-0.1, -0.05) is 266 Å². The molecular weight excluding hydrogens is 1710 g/mol. The van der Waals surface area contributed by atoms with Crippen molar-refractivity contribution >= 4 is 75.4 Å². The summed E-state index contributed by atoms with van der Waals surface area (Å²) >= 11 is 0. The van der Waals surface area contributed by atoms with Gasteiger partial charge in [-0.3, -0.25) is 38.6 Å². The van der Waals surface area contributed by atoms with Crippen LogP contribution >= 0.6 is 0 Å². The number of anilines is 6. The van der Waals surface area contributed by atoms with Crippen molar-refractivity contribution in [3.8, 4) is 0 Å². The molecule has 16 nitrogen and oxygen atoms in total. The third-order valence-electron chi connectivity index (χ3n) is 22.9. The number of aliphatic carboxylic acids is 1. The van der Waals surface area contributed by atoms with Crippen molar-refractivity contribution < 1.29 is 59.7 Å². The summed E-state index contributed by atoms with van der Waals surface area (Å²) in [4.78, 5) is 99.0. The normalized spacial score (nSPS) is 18.4. The number of ketones is 1.